The third kappa shape index (κ3) is 5.54. The number of carbonyl (C=O) groups excluding carboxylic acids is 2. The molecular weight excluding hydrogens is 460 g/mol. The van der Waals surface area contributed by atoms with E-state index in [1.165, 1.54) is 0 Å². The number of benzene rings is 1. The Morgan fingerprint density at radius 3 is 2.63 bits per heavy atom. The fraction of sp³-hybridized carbons (Fsp3) is 0.536. The molecule has 35 heavy (non-hydrogen) atoms. The molecule has 1 aromatic heterocycles. The number of aromatic nitrogens is 1. The molecule has 1 spiro atoms. The molecule has 1 aromatic carbocycles. The lowest BCUT2D eigenvalue weighted by Crippen LogP contribution is -2.45. The molecule has 5 rings (SSSR count). The molecule has 1 aliphatic carbocycles. The van der Waals surface area contributed by atoms with Gasteiger partial charge in [0.05, 0.1) is 11.5 Å². The van der Waals surface area contributed by atoms with Crippen molar-refractivity contribution >= 4 is 23.4 Å². The van der Waals surface area contributed by atoms with Gasteiger partial charge in [-0.3, -0.25) is 14.6 Å². The summed E-state index contributed by atoms with van der Waals surface area (Å²) in [6.07, 6.45) is 10.4. The molecule has 3 heterocycles. The second-order valence-corrected chi connectivity index (χ2v) is 10.9. The van der Waals surface area contributed by atoms with Crippen LogP contribution in [0.25, 0.3) is 0 Å². The number of likely N-dealkylation sites (tertiary alicyclic amines) is 2. The van der Waals surface area contributed by atoms with E-state index in [-0.39, 0.29) is 23.3 Å². The van der Waals surface area contributed by atoms with Crippen LogP contribution in [0.1, 0.15) is 62.1 Å². The predicted octanol–water partition coefficient (Wildman–Crippen LogP) is 4.60. The second-order valence-electron chi connectivity index (χ2n) is 10.5. The zero-order valence-electron chi connectivity index (χ0n) is 20.3. The molecule has 0 bridgehead atoms. The first kappa shape index (κ1) is 24.3. The topological polar surface area (TPSA) is 65.5 Å². The fourth-order valence-electron chi connectivity index (χ4n) is 5.74. The Bertz CT molecular complexity index is 1030. The third-order valence-electron chi connectivity index (χ3n) is 8.29. The maximum Gasteiger partial charge on any atom is 0.229 e. The van der Waals surface area contributed by atoms with Gasteiger partial charge in [0.15, 0.2) is 0 Å². The van der Waals surface area contributed by atoms with Gasteiger partial charge in [0.1, 0.15) is 0 Å². The molecule has 186 valence electrons. The van der Waals surface area contributed by atoms with E-state index in [4.69, 9.17) is 11.6 Å². The highest BCUT2D eigenvalue weighted by atomic mass is 35.5. The highest BCUT2D eigenvalue weighted by Crippen LogP contribution is 2.42. The lowest BCUT2D eigenvalue weighted by Gasteiger charge is -2.38. The Morgan fingerprint density at radius 2 is 1.94 bits per heavy atom. The van der Waals surface area contributed by atoms with Crippen LogP contribution in [-0.4, -0.2) is 52.8 Å². The molecule has 1 unspecified atom stereocenters. The van der Waals surface area contributed by atoms with Crippen molar-refractivity contribution in [2.24, 2.45) is 11.3 Å². The molecular formula is C28H35ClN4O2. The average Bonchev–Trinajstić information content (AvgIpc) is 3.12. The van der Waals surface area contributed by atoms with E-state index in [0.717, 1.165) is 82.3 Å². The summed E-state index contributed by atoms with van der Waals surface area (Å²) in [4.78, 5) is 34.7. The number of hydrogen-bond donors (Lipinski definition) is 1. The van der Waals surface area contributed by atoms with Gasteiger partial charge in [-0.25, -0.2) is 0 Å². The Morgan fingerprint density at radius 1 is 1.14 bits per heavy atom. The molecule has 6 nitrogen and oxygen atoms in total. The van der Waals surface area contributed by atoms with E-state index in [9.17, 15) is 9.59 Å². The maximum absolute atomic E-state index is 13.3. The van der Waals surface area contributed by atoms with Crippen LogP contribution in [0, 0.1) is 11.3 Å². The van der Waals surface area contributed by atoms with Crippen LogP contribution in [0.5, 0.6) is 0 Å². The van der Waals surface area contributed by atoms with Gasteiger partial charge in [-0.05, 0) is 80.9 Å². The first-order valence-electron chi connectivity index (χ1n) is 13.0. The van der Waals surface area contributed by atoms with Crippen molar-refractivity contribution in [3.63, 3.8) is 0 Å². The molecule has 2 aromatic rings. The predicted molar refractivity (Wildman–Crippen MR) is 137 cm³/mol. The summed E-state index contributed by atoms with van der Waals surface area (Å²) in [5, 5.41) is 3.99. The first-order valence-corrected chi connectivity index (χ1v) is 13.4. The van der Waals surface area contributed by atoms with Gasteiger partial charge in [0.25, 0.3) is 0 Å². The number of hydrogen-bond acceptors (Lipinski definition) is 4. The SMILES string of the molecule is O=C(NC(CCN1CCC2(CC1)CCN(Cc1cccnc1)C2=O)c1cccc(Cl)c1)C1CCC1. The Kier molecular flexibility index (Phi) is 7.40. The van der Waals surface area contributed by atoms with Crippen molar-refractivity contribution in [1.29, 1.82) is 0 Å². The molecule has 2 saturated heterocycles. The molecule has 2 amide bonds. The number of piperidine rings is 1. The highest BCUT2D eigenvalue weighted by molar-refractivity contribution is 6.30. The third-order valence-corrected chi connectivity index (χ3v) is 8.52. The summed E-state index contributed by atoms with van der Waals surface area (Å²) in [6.45, 7) is 4.22. The molecule has 3 aliphatic rings. The summed E-state index contributed by atoms with van der Waals surface area (Å²) in [5.74, 6) is 0.643. The van der Waals surface area contributed by atoms with Crippen LogP contribution in [0.15, 0.2) is 48.8 Å². The van der Waals surface area contributed by atoms with E-state index in [1.807, 2.05) is 41.4 Å². The summed E-state index contributed by atoms with van der Waals surface area (Å²) in [7, 11) is 0. The minimum atomic E-state index is -0.205. The van der Waals surface area contributed by atoms with Crippen LogP contribution < -0.4 is 5.32 Å². The minimum Gasteiger partial charge on any atom is -0.349 e. The van der Waals surface area contributed by atoms with Gasteiger partial charge < -0.3 is 15.1 Å². The van der Waals surface area contributed by atoms with Crippen LogP contribution in [0.4, 0.5) is 0 Å². The van der Waals surface area contributed by atoms with Crippen molar-refractivity contribution in [2.45, 2.75) is 57.5 Å². The molecule has 7 heteroatoms. The van der Waals surface area contributed by atoms with Crippen LogP contribution in [0.2, 0.25) is 5.02 Å². The zero-order chi connectivity index (χ0) is 24.3. The normalized spacial score (nSPS) is 21.2. The monoisotopic (exact) mass is 494 g/mol. The Balaban J connectivity index is 1.16. The number of halogens is 1. The van der Waals surface area contributed by atoms with E-state index < -0.39 is 0 Å². The number of amides is 2. The minimum absolute atomic E-state index is 0.0410. The molecule has 2 aliphatic heterocycles. The second kappa shape index (κ2) is 10.7. The van der Waals surface area contributed by atoms with E-state index in [1.54, 1.807) is 6.20 Å². The highest BCUT2D eigenvalue weighted by Gasteiger charge is 2.47. The summed E-state index contributed by atoms with van der Waals surface area (Å²) in [6, 6.07) is 11.8. The Hall–Kier alpha value is -2.44. The fourth-order valence-corrected chi connectivity index (χ4v) is 5.94. The Labute approximate surface area is 213 Å². The zero-order valence-corrected chi connectivity index (χ0v) is 21.1. The number of nitrogens with zero attached hydrogens (tertiary/aromatic N) is 3. The largest absolute Gasteiger partial charge is 0.349 e. The van der Waals surface area contributed by atoms with Crippen molar-refractivity contribution in [1.82, 2.24) is 20.1 Å². The van der Waals surface area contributed by atoms with Gasteiger partial charge in [-0.2, -0.15) is 0 Å². The van der Waals surface area contributed by atoms with Crippen LogP contribution in [-0.2, 0) is 16.1 Å². The molecule has 1 atom stereocenters. The molecule has 0 radical (unpaired) electrons. The number of carbonyl (C=O) groups is 2. The van der Waals surface area contributed by atoms with Gasteiger partial charge in [-0.15, -0.1) is 0 Å². The summed E-state index contributed by atoms with van der Waals surface area (Å²) >= 11 is 6.26. The average molecular weight is 495 g/mol. The lowest BCUT2D eigenvalue weighted by atomic mass is 9.77. The van der Waals surface area contributed by atoms with E-state index in [2.05, 4.69) is 21.3 Å². The van der Waals surface area contributed by atoms with Crippen molar-refractivity contribution in [2.75, 3.05) is 26.2 Å². The van der Waals surface area contributed by atoms with Gasteiger partial charge in [0.2, 0.25) is 11.8 Å². The first-order chi connectivity index (χ1) is 17.0. The van der Waals surface area contributed by atoms with Crippen molar-refractivity contribution in [3.05, 3.63) is 64.9 Å². The maximum atomic E-state index is 13.3. The number of nitrogens with one attached hydrogen (secondary N) is 1. The van der Waals surface area contributed by atoms with Gasteiger partial charge in [-0.1, -0.05) is 36.2 Å². The standard InChI is InChI=1S/C28H35ClN4O2/c29-24-8-2-7-23(18-24)25(31-26(34)22-5-1-6-22)9-14-32-15-10-28(11-16-32)12-17-33(27(28)35)20-21-4-3-13-30-19-21/h2-4,7-8,13,18-19,22,25H,1,5-6,9-12,14-17,20H2,(H,31,34). The molecule has 3 fully saturated rings. The molecule has 1 saturated carbocycles. The van der Waals surface area contributed by atoms with Gasteiger partial charge >= 0.3 is 0 Å². The van der Waals surface area contributed by atoms with E-state index >= 15 is 0 Å². The van der Waals surface area contributed by atoms with E-state index in [0.29, 0.717) is 17.5 Å². The quantitative estimate of drug-likeness (QED) is 0.582. The number of pyridine rings is 1. The smallest absolute Gasteiger partial charge is 0.229 e. The molecule has 1 N–H and O–H groups in total. The van der Waals surface area contributed by atoms with Crippen molar-refractivity contribution in [3.8, 4) is 0 Å². The number of rotatable bonds is 8. The van der Waals surface area contributed by atoms with Crippen molar-refractivity contribution < 1.29 is 9.59 Å². The lowest BCUT2D eigenvalue weighted by molar-refractivity contribution is -0.139. The van der Waals surface area contributed by atoms with Crippen LogP contribution >= 0.6 is 11.6 Å². The van der Waals surface area contributed by atoms with Crippen LogP contribution in [0.3, 0.4) is 0 Å². The van der Waals surface area contributed by atoms with Gasteiger partial charge in [0, 0.05) is 43.0 Å². The summed E-state index contributed by atoms with van der Waals surface area (Å²) < 4.78 is 0. The summed E-state index contributed by atoms with van der Waals surface area (Å²) in [5.41, 5.74) is 1.95.